The van der Waals surface area contributed by atoms with Crippen LogP contribution in [0.4, 0.5) is 0 Å². The Hall–Kier alpha value is -2.25. The number of hydrogen-bond acceptors (Lipinski definition) is 5. The summed E-state index contributed by atoms with van der Waals surface area (Å²) in [7, 11) is -0.613. The molecule has 7 heteroatoms. The predicted molar refractivity (Wildman–Crippen MR) is 113 cm³/mol. The highest BCUT2D eigenvalue weighted by molar-refractivity contribution is 6.74. The summed E-state index contributed by atoms with van der Waals surface area (Å²) in [5.41, 5.74) is 1.21. The van der Waals surface area contributed by atoms with Gasteiger partial charge in [0.05, 0.1) is 18.2 Å². The normalized spacial score (nSPS) is 13.2. The molecule has 2 aromatic rings. The molecule has 0 bridgehead atoms. The number of methoxy groups -OCH3 is 1. The van der Waals surface area contributed by atoms with E-state index < -0.39 is 20.3 Å². The Bertz CT molecular complexity index is 846. The maximum Gasteiger partial charge on any atom is 0.328 e. The monoisotopic (exact) mass is 402 g/mol. The molecule has 1 aromatic carbocycles. The van der Waals surface area contributed by atoms with Gasteiger partial charge in [0.25, 0.3) is 5.91 Å². The fourth-order valence-corrected chi connectivity index (χ4v) is 3.54. The second-order valence-corrected chi connectivity index (χ2v) is 13.2. The van der Waals surface area contributed by atoms with Gasteiger partial charge in [0.1, 0.15) is 6.04 Å². The van der Waals surface area contributed by atoms with Gasteiger partial charge in [-0.25, -0.2) is 4.79 Å². The molecular weight excluding hydrogens is 372 g/mol. The highest BCUT2D eigenvalue weighted by Crippen LogP contribution is 2.36. The zero-order chi connectivity index (χ0) is 20.9. The van der Waals surface area contributed by atoms with Crippen molar-refractivity contribution in [2.24, 2.45) is 0 Å². The number of nitrogens with zero attached hydrogens (tertiary/aromatic N) is 1. The second kappa shape index (κ2) is 8.83. The first-order chi connectivity index (χ1) is 13.0. The van der Waals surface area contributed by atoms with E-state index in [1.165, 1.54) is 13.3 Å². The van der Waals surface area contributed by atoms with E-state index >= 15 is 0 Å². The summed E-state index contributed by atoms with van der Waals surface area (Å²) in [6.45, 7) is 11.2. The van der Waals surface area contributed by atoms with Crippen LogP contribution < -0.4 is 5.32 Å². The van der Waals surface area contributed by atoms with Crippen molar-refractivity contribution in [3.05, 3.63) is 42.1 Å². The molecule has 0 spiro atoms. The number of ether oxygens (including phenoxy) is 1. The average Bonchev–Trinajstić information content (AvgIpc) is 2.65. The molecule has 0 aliphatic carbocycles. The van der Waals surface area contributed by atoms with Gasteiger partial charge in [0, 0.05) is 24.6 Å². The van der Waals surface area contributed by atoms with Gasteiger partial charge in [-0.05, 0) is 30.3 Å². The summed E-state index contributed by atoms with van der Waals surface area (Å²) in [5, 5.41) is 3.70. The van der Waals surface area contributed by atoms with Gasteiger partial charge in [-0.1, -0.05) is 39.0 Å². The number of hydrogen-bond donors (Lipinski definition) is 1. The quantitative estimate of drug-likeness (QED) is 0.561. The van der Waals surface area contributed by atoms with E-state index in [2.05, 4.69) is 44.2 Å². The van der Waals surface area contributed by atoms with Crippen LogP contribution in [0.3, 0.4) is 0 Å². The lowest BCUT2D eigenvalue weighted by Crippen LogP contribution is -2.45. The fraction of sp³-hybridized carbons (Fsp3) is 0.476. The smallest absolute Gasteiger partial charge is 0.328 e. The predicted octanol–water partition coefficient (Wildman–Crippen LogP) is 3.92. The SMILES string of the molecule is COC(=O)[C@H](CCO[Si](C)(C)C(C)(C)C)NC(=O)c1cnc2ccccc2c1. The molecule has 1 aromatic heterocycles. The van der Waals surface area contributed by atoms with Crippen molar-refractivity contribution >= 4 is 31.1 Å². The summed E-state index contributed by atoms with van der Waals surface area (Å²) in [5.74, 6) is -0.845. The molecule has 1 N–H and O–H groups in total. The number of carbonyl (C=O) groups excluding carboxylic acids is 2. The van der Waals surface area contributed by atoms with Gasteiger partial charge in [-0.15, -0.1) is 0 Å². The van der Waals surface area contributed by atoms with Crippen LogP contribution >= 0.6 is 0 Å². The first kappa shape index (κ1) is 22.0. The number of pyridine rings is 1. The molecule has 0 aliphatic rings. The highest BCUT2D eigenvalue weighted by Gasteiger charge is 2.37. The third-order valence-electron chi connectivity index (χ3n) is 5.32. The minimum atomic E-state index is -1.93. The molecule has 1 heterocycles. The zero-order valence-electron chi connectivity index (χ0n) is 17.5. The van der Waals surface area contributed by atoms with Gasteiger partial charge in [0.2, 0.25) is 0 Å². The van der Waals surface area contributed by atoms with Crippen molar-refractivity contribution in [2.75, 3.05) is 13.7 Å². The number of para-hydroxylation sites is 1. The largest absolute Gasteiger partial charge is 0.467 e. The van der Waals surface area contributed by atoms with Gasteiger partial charge in [0.15, 0.2) is 8.32 Å². The molecule has 2 rings (SSSR count). The van der Waals surface area contributed by atoms with Crippen molar-refractivity contribution in [1.82, 2.24) is 10.3 Å². The zero-order valence-corrected chi connectivity index (χ0v) is 18.5. The van der Waals surface area contributed by atoms with E-state index in [1.54, 1.807) is 6.07 Å². The van der Waals surface area contributed by atoms with E-state index in [9.17, 15) is 9.59 Å². The second-order valence-electron chi connectivity index (χ2n) is 8.36. The fourth-order valence-electron chi connectivity index (χ4n) is 2.48. The number of benzene rings is 1. The number of amides is 1. The van der Waals surface area contributed by atoms with E-state index in [-0.39, 0.29) is 10.9 Å². The van der Waals surface area contributed by atoms with E-state index in [0.717, 1.165) is 10.9 Å². The Morgan fingerprint density at radius 1 is 1.21 bits per heavy atom. The van der Waals surface area contributed by atoms with Crippen molar-refractivity contribution in [3.63, 3.8) is 0 Å². The molecule has 0 fully saturated rings. The van der Waals surface area contributed by atoms with Crippen LogP contribution in [-0.4, -0.2) is 44.9 Å². The minimum Gasteiger partial charge on any atom is -0.467 e. The van der Waals surface area contributed by atoms with Gasteiger partial charge < -0.3 is 14.5 Å². The summed E-state index contributed by atoms with van der Waals surface area (Å²) in [6.07, 6.45) is 1.87. The van der Waals surface area contributed by atoms with Crippen LogP contribution in [0.5, 0.6) is 0 Å². The molecule has 0 unspecified atom stereocenters. The first-order valence-corrected chi connectivity index (χ1v) is 12.3. The lowest BCUT2D eigenvalue weighted by Gasteiger charge is -2.36. The van der Waals surface area contributed by atoms with Gasteiger partial charge in [-0.3, -0.25) is 9.78 Å². The number of rotatable bonds is 7. The number of nitrogens with one attached hydrogen (secondary N) is 1. The van der Waals surface area contributed by atoms with Crippen LogP contribution in [0, 0.1) is 0 Å². The Morgan fingerprint density at radius 3 is 2.54 bits per heavy atom. The van der Waals surface area contributed by atoms with Crippen molar-refractivity contribution in [1.29, 1.82) is 0 Å². The van der Waals surface area contributed by atoms with Gasteiger partial charge in [-0.2, -0.15) is 0 Å². The molecule has 0 saturated heterocycles. The number of fused-ring (bicyclic) bond motifs is 1. The molecule has 0 saturated carbocycles. The molecule has 152 valence electrons. The van der Waals surface area contributed by atoms with Crippen molar-refractivity contribution < 1.29 is 18.8 Å². The van der Waals surface area contributed by atoms with Crippen LogP contribution in [0.15, 0.2) is 36.5 Å². The molecule has 1 amide bonds. The summed E-state index contributed by atoms with van der Waals surface area (Å²) >= 11 is 0. The number of carbonyl (C=O) groups is 2. The van der Waals surface area contributed by atoms with E-state index in [4.69, 9.17) is 9.16 Å². The summed E-state index contributed by atoms with van der Waals surface area (Å²) in [6, 6.07) is 8.55. The summed E-state index contributed by atoms with van der Waals surface area (Å²) < 4.78 is 11.0. The Morgan fingerprint density at radius 2 is 1.89 bits per heavy atom. The minimum absolute atomic E-state index is 0.0772. The van der Waals surface area contributed by atoms with Crippen LogP contribution in [0.1, 0.15) is 37.6 Å². The average molecular weight is 403 g/mol. The molecule has 6 nitrogen and oxygen atoms in total. The number of esters is 1. The Balaban J connectivity index is 2.06. The maximum absolute atomic E-state index is 12.6. The molecule has 1 atom stereocenters. The molecule has 0 radical (unpaired) electrons. The Kier molecular flexibility index (Phi) is 6.95. The van der Waals surface area contributed by atoms with Crippen LogP contribution in [0.2, 0.25) is 18.1 Å². The first-order valence-electron chi connectivity index (χ1n) is 9.42. The topological polar surface area (TPSA) is 77.5 Å². The summed E-state index contributed by atoms with van der Waals surface area (Å²) in [4.78, 5) is 29.1. The molecule has 0 aliphatic heterocycles. The third-order valence-corrected chi connectivity index (χ3v) is 9.86. The Labute approximate surface area is 167 Å². The lowest BCUT2D eigenvalue weighted by atomic mass is 10.1. The van der Waals surface area contributed by atoms with Crippen LogP contribution in [-0.2, 0) is 14.0 Å². The number of aromatic nitrogens is 1. The third kappa shape index (κ3) is 5.39. The van der Waals surface area contributed by atoms with E-state index in [0.29, 0.717) is 18.6 Å². The molecule has 28 heavy (non-hydrogen) atoms. The van der Waals surface area contributed by atoms with Gasteiger partial charge >= 0.3 is 5.97 Å². The molecular formula is C21H30N2O4Si. The lowest BCUT2D eigenvalue weighted by molar-refractivity contribution is -0.143. The highest BCUT2D eigenvalue weighted by atomic mass is 28.4. The standard InChI is InChI=1S/C21H30N2O4Si/c1-21(2,3)28(5,6)27-12-11-18(20(25)26-4)23-19(24)16-13-15-9-7-8-10-17(15)22-14-16/h7-10,13-14,18H,11-12H2,1-6H3,(H,23,24)/t18-/m0/s1. The van der Waals surface area contributed by atoms with Crippen LogP contribution in [0.25, 0.3) is 10.9 Å². The van der Waals surface area contributed by atoms with Crippen molar-refractivity contribution in [3.8, 4) is 0 Å². The van der Waals surface area contributed by atoms with Crippen molar-refractivity contribution in [2.45, 2.75) is 51.4 Å². The maximum atomic E-state index is 12.6. The van der Waals surface area contributed by atoms with E-state index in [1.807, 2.05) is 24.3 Å².